The van der Waals surface area contributed by atoms with E-state index < -0.39 is 23.4 Å². The van der Waals surface area contributed by atoms with E-state index in [1.54, 1.807) is 0 Å². The van der Waals surface area contributed by atoms with Crippen LogP contribution >= 0.6 is 0 Å². The van der Waals surface area contributed by atoms with Gasteiger partial charge in [0.2, 0.25) is 0 Å². The third-order valence-corrected chi connectivity index (χ3v) is 1.45. The van der Waals surface area contributed by atoms with Crippen LogP contribution in [0.2, 0.25) is 0 Å². The maximum absolute atomic E-state index is 12.2. The van der Waals surface area contributed by atoms with Crippen molar-refractivity contribution in [3.63, 3.8) is 0 Å². The highest BCUT2D eigenvalue weighted by Crippen LogP contribution is 2.28. The summed E-state index contributed by atoms with van der Waals surface area (Å²) in [6, 6.07) is 0.612. The first-order chi connectivity index (χ1) is 5.82. The fraction of sp³-hybridized carbons (Fsp3) is 0.333. The molecule has 1 heterocycles. The molecule has 0 aliphatic carbocycles. The molecule has 0 aliphatic rings. The van der Waals surface area contributed by atoms with Gasteiger partial charge in [-0.2, -0.15) is 18.2 Å². The second-order valence-electron chi connectivity index (χ2n) is 2.41. The first kappa shape index (κ1) is 9.56. The fourth-order valence-corrected chi connectivity index (χ4v) is 0.830. The van der Waals surface area contributed by atoms with Crippen LogP contribution in [0.15, 0.2) is 10.9 Å². The Morgan fingerprint density at radius 1 is 1.54 bits per heavy atom. The van der Waals surface area contributed by atoms with Crippen molar-refractivity contribution in [1.29, 1.82) is 0 Å². The van der Waals surface area contributed by atoms with Crippen molar-refractivity contribution < 1.29 is 13.2 Å². The number of anilines is 1. The van der Waals surface area contributed by atoms with E-state index in [2.05, 4.69) is 4.98 Å². The van der Waals surface area contributed by atoms with E-state index in [0.717, 1.165) is 7.05 Å². The van der Waals surface area contributed by atoms with Gasteiger partial charge in [0.15, 0.2) is 0 Å². The third kappa shape index (κ3) is 1.79. The van der Waals surface area contributed by atoms with Gasteiger partial charge in [-0.1, -0.05) is 0 Å². The van der Waals surface area contributed by atoms with E-state index in [-0.39, 0.29) is 0 Å². The molecule has 0 fully saturated rings. The van der Waals surface area contributed by atoms with Gasteiger partial charge in [0.1, 0.15) is 11.5 Å². The van der Waals surface area contributed by atoms with Crippen molar-refractivity contribution in [3.05, 3.63) is 22.2 Å². The molecule has 13 heavy (non-hydrogen) atoms. The smallest absolute Gasteiger partial charge is 0.383 e. The number of aromatic nitrogens is 2. The Hall–Kier alpha value is -1.53. The van der Waals surface area contributed by atoms with Crippen molar-refractivity contribution in [1.82, 2.24) is 9.55 Å². The lowest BCUT2D eigenvalue weighted by Gasteiger charge is -2.10. The molecule has 7 heteroatoms. The summed E-state index contributed by atoms with van der Waals surface area (Å²) >= 11 is 0. The van der Waals surface area contributed by atoms with E-state index in [4.69, 9.17) is 5.73 Å². The number of nitrogen functional groups attached to an aromatic ring is 1. The van der Waals surface area contributed by atoms with Crippen LogP contribution in [0.3, 0.4) is 0 Å². The van der Waals surface area contributed by atoms with Crippen LogP contribution in [-0.2, 0) is 13.2 Å². The molecule has 0 bridgehead atoms. The number of rotatable bonds is 0. The molecule has 1 aromatic heterocycles. The van der Waals surface area contributed by atoms with Gasteiger partial charge in [-0.05, 0) is 0 Å². The Labute approximate surface area is 70.8 Å². The SMILES string of the molecule is Cn1c(C(F)(F)F)cc(N)nc1=O. The first-order valence-electron chi connectivity index (χ1n) is 3.23. The number of nitrogens with zero attached hydrogens (tertiary/aromatic N) is 2. The molecule has 1 aromatic rings. The number of nitrogens with two attached hydrogens (primary N) is 1. The maximum Gasteiger partial charge on any atom is 0.431 e. The van der Waals surface area contributed by atoms with Crippen LogP contribution in [0.5, 0.6) is 0 Å². The Balaban J connectivity index is 3.46. The van der Waals surface area contributed by atoms with E-state index >= 15 is 0 Å². The fourth-order valence-electron chi connectivity index (χ4n) is 0.830. The molecule has 72 valence electrons. The van der Waals surface area contributed by atoms with Gasteiger partial charge in [-0.25, -0.2) is 4.79 Å². The van der Waals surface area contributed by atoms with Crippen molar-refractivity contribution in [3.8, 4) is 0 Å². The number of halogens is 3. The highest BCUT2D eigenvalue weighted by atomic mass is 19.4. The molecule has 1 rings (SSSR count). The Kier molecular flexibility index (Phi) is 2.02. The summed E-state index contributed by atoms with van der Waals surface area (Å²) in [4.78, 5) is 13.9. The number of hydrogen-bond acceptors (Lipinski definition) is 3. The highest BCUT2D eigenvalue weighted by molar-refractivity contribution is 5.29. The first-order valence-corrected chi connectivity index (χ1v) is 3.23. The molecule has 0 amide bonds. The van der Waals surface area contributed by atoms with Gasteiger partial charge in [0.05, 0.1) is 0 Å². The lowest BCUT2D eigenvalue weighted by Crippen LogP contribution is -2.28. The third-order valence-electron chi connectivity index (χ3n) is 1.45. The van der Waals surface area contributed by atoms with Crippen LogP contribution < -0.4 is 11.4 Å². The minimum atomic E-state index is -4.59. The second kappa shape index (κ2) is 2.75. The van der Waals surface area contributed by atoms with E-state index in [1.807, 2.05) is 0 Å². The Morgan fingerprint density at radius 3 is 2.54 bits per heavy atom. The maximum atomic E-state index is 12.2. The Morgan fingerprint density at radius 2 is 2.08 bits per heavy atom. The molecule has 0 aliphatic heterocycles. The largest absolute Gasteiger partial charge is 0.431 e. The van der Waals surface area contributed by atoms with Gasteiger partial charge in [0, 0.05) is 13.1 Å². The summed E-state index contributed by atoms with van der Waals surface area (Å²) in [5.74, 6) is -0.435. The number of alkyl halides is 3. The van der Waals surface area contributed by atoms with Gasteiger partial charge in [0.25, 0.3) is 0 Å². The average Bonchev–Trinajstić information content (AvgIpc) is 1.94. The zero-order chi connectivity index (χ0) is 10.2. The van der Waals surface area contributed by atoms with Gasteiger partial charge < -0.3 is 5.73 Å². The van der Waals surface area contributed by atoms with Crippen LogP contribution in [0.4, 0.5) is 19.0 Å². The average molecular weight is 193 g/mol. The van der Waals surface area contributed by atoms with E-state index in [1.165, 1.54) is 0 Å². The number of hydrogen-bond donors (Lipinski definition) is 1. The predicted octanol–water partition coefficient (Wildman–Crippen LogP) is 0.381. The summed E-state index contributed by atoms with van der Waals surface area (Å²) < 4.78 is 36.9. The molecule has 4 nitrogen and oxygen atoms in total. The van der Waals surface area contributed by atoms with Crippen LogP contribution in [0.25, 0.3) is 0 Å². The summed E-state index contributed by atoms with van der Waals surface area (Å²) in [5, 5.41) is 0. The lowest BCUT2D eigenvalue weighted by molar-refractivity contribution is -0.143. The molecule has 0 atom stereocenters. The zero-order valence-electron chi connectivity index (χ0n) is 6.59. The standard InChI is InChI=1S/C6H6F3N3O/c1-12-3(6(7,8)9)2-4(10)11-5(12)13/h2H,1H3,(H2,10,11,13). The summed E-state index contributed by atoms with van der Waals surface area (Å²) in [5.41, 5.74) is 2.87. The molecule has 0 saturated carbocycles. The topological polar surface area (TPSA) is 60.9 Å². The van der Waals surface area contributed by atoms with Crippen LogP contribution in [0, 0.1) is 0 Å². The summed E-state index contributed by atoms with van der Waals surface area (Å²) in [7, 11) is 0.984. The van der Waals surface area contributed by atoms with Crippen LogP contribution in [0.1, 0.15) is 5.69 Å². The van der Waals surface area contributed by atoms with Crippen LogP contribution in [-0.4, -0.2) is 9.55 Å². The molecule has 0 radical (unpaired) electrons. The van der Waals surface area contributed by atoms with E-state index in [9.17, 15) is 18.0 Å². The second-order valence-corrected chi connectivity index (χ2v) is 2.41. The molecule has 2 N–H and O–H groups in total. The molecule has 0 saturated heterocycles. The van der Waals surface area contributed by atoms with Gasteiger partial charge in [-0.15, -0.1) is 0 Å². The van der Waals surface area contributed by atoms with Crippen molar-refractivity contribution in [2.45, 2.75) is 6.18 Å². The molecule has 0 aromatic carbocycles. The minimum absolute atomic E-state index is 0.399. The predicted molar refractivity (Wildman–Crippen MR) is 38.9 cm³/mol. The van der Waals surface area contributed by atoms with Gasteiger partial charge >= 0.3 is 11.9 Å². The molecule has 0 spiro atoms. The van der Waals surface area contributed by atoms with Crippen molar-refractivity contribution in [2.24, 2.45) is 7.05 Å². The van der Waals surface area contributed by atoms with Gasteiger partial charge in [-0.3, -0.25) is 4.57 Å². The van der Waals surface area contributed by atoms with Crippen molar-refractivity contribution >= 4 is 5.82 Å². The monoisotopic (exact) mass is 193 g/mol. The molecule has 0 unspecified atom stereocenters. The molecular weight excluding hydrogens is 187 g/mol. The molecular formula is C6H6F3N3O. The Bertz CT molecular complexity index is 382. The minimum Gasteiger partial charge on any atom is -0.383 e. The normalized spacial score (nSPS) is 11.7. The van der Waals surface area contributed by atoms with Crippen molar-refractivity contribution in [2.75, 3.05) is 5.73 Å². The van der Waals surface area contributed by atoms with E-state index in [0.29, 0.717) is 10.6 Å². The summed E-state index contributed by atoms with van der Waals surface area (Å²) in [6.45, 7) is 0. The lowest BCUT2D eigenvalue weighted by atomic mass is 10.3. The highest BCUT2D eigenvalue weighted by Gasteiger charge is 2.34. The quantitative estimate of drug-likeness (QED) is 0.648. The summed E-state index contributed by atoms with van der Waals surface area (Å²) in [6.07, 6.45) is -4.59. The zero-order valence-corrected chi connectivity index (χ0v) is 6.59.